The van der Waals surface area contributed by atoms with E-state index >= 15 is 0 Å². The van der Waals surface area contributed by atoms with Crippen molar-refractivity contribution in [2.75, 3.05) is 29.1 Å². The van der Waals surface area contributed by atoms with Crippen LogP contribution in [0, 0.1) is 0 Å². The molecule has 2 aliphatic heterocycles. The Hall–Kier alpha value is -2.28. The Labute approximate surface area is 169 Å². The van der Waals surface area contributed by atoms with E-state index in [9.17, 15) is 9.59 Å². The van der Waals surface area contributed by atoms with Crippen molar-refractivity contribution in [2.45, 2.75) is 50.1 Å². The standard InChI is InChI=1S/C21H26N4O2S/c1-2-12-28-21-23-19-18(20(27)24-21)16(13-17(26)22-19)14-6-8-15(9-7-14)25-10-4-3-5-11-25/h6-9,16H,2-5,10-13H2,1H3,(H2,22,23,24,26,27). The molecule has 1 atom stereocenters. The molecule has 1 aromatic carbocycles. The Morgan fingerprint density at radius 3 is 2.61 bits per heavy atom. The monoisotopic (exact) mass is 398 g/mol. The number of amides is 1. The number of rotatable bonds is 5. The fourth-order valence-corrected chi connectivity index (χ4v) is 4.69. The van der Waals surface area contributed by atoms with Crippen molar-refractivity contribution >= 4 is 29.2 Å². The predicted molar refractivity (Wildman–Crippen MR) is 113 cm³/mol. The van der Waals surface area contributed by atoms with E-state index in [-0.39, 0.29) is 23.8 Å². The minimum absolute atomic E-state index is 0.0952. The first-order chi connectivity index (χ1) is 13.7. The second-order valence-electron chi connectivity index (χ2n) is 7.43. The van der Waals surface area contributed by atoms with Gasteiger partial charge in [-0.05, 0) is 43.4 Å². The average molecular weight is 399 g/mol. The highest BCUT2D eigenvalue weighted by molar-refractivity contribution is 7.99. The molecular formula is C21H26N4O2S. The van der Waals surface area contributed by atoms with Crippen molar-refractivity contribution in [3.8, 4) is 0 Å². The van der Waals surface area contributed by atoms with Gasteiger partial charge in [0, 0.05) is 36.9 Å². The lowest BCUT2D eigenvalue weighted by Crippen LogP contribution is -2.31. The first kappa shape index (κ1) is 19.1. The number of hydrogen-bond acceptors (Lipinski definition) is 5. The molecule has 1 saturated heterocycles. The van der Waals surface area contributed by atoms with Gasteiger partial charge in [-0.1, -0.05) is 30.8 Å². The Morgan fingerprint density at radius 1 is 1.14 bits per heavy atom. The van der Waals surface area contributed by atoms with Crippen LogP contribution in [0.3, 0.4) is 0 Å². The third-order valence-electron chi connectivity index (χ3n) is 5.39. The van der Waals surface area contributed by atoms with Gasteiger partial charge in [0.25, 0.3) is 5.56 Å². The molecule has 148 valence electrons. The van der Waals surface area contributed by atoms with Crippen LogP contribution in [0.25, 0.3) is 0 Å². The van der Waals surface area contributed by atoms with Crippen LogP contribution in [0.1, 0.15) is 56.1 Å². The van der Waals surface area contributed by atoms with E-state index in [0.717, 1.165) is 30.8 Å². The summed E-state index contributed by atoms with van der Waals surface area (Å²) in [4.78, 5) is 34.8. The number of nitrogens with zero attached hydrogens (tertiary/aromatic N) is 2. The van der Waals surface area contributed by atoms with E-state index in [1.54, 1.807) is 0 Å². The highest BCUT2D eigenvalue weighted by Crippen LogP contribution is 2.35. The summed E-state index contributed by atoms with van der Waals surface area (Å²) in [6.45, 7) is 4.26. The van der Waals surface area contributed by atoms with Crippen molar-refractivity contribution in [2.24, 2.45) is 0 Å². The zero-order valence-electron chi connectivity index (χ0n) is 16.2. The second-order valence-corrected chi connectivity index (χ2v) is 8.51. The summed E-state index contributed by atoms with van der Waals surface area (Å²) >= 11 is 1.50. The van der Waals surface area contributed by atoms with Crippen molar-refractivity contribution in [3.63, 3.8) is 0 Å². The number of piperidine rings is 1. The molecule has 6 nitrogen and oxygen atoms in total. The maximum Gasteiger partial charge on any atom is 0.257 e. The summed E-state index contributed by atoms with van der Waals surface area (Å²) in [5.41, 5.74) is 2.60. The maximum absolute atomic E-state index is 12.8. The summed E-state index contributed by atoms with van der Waals surface area (Å²) < 4.78 is 0. The number of carbonyl (C=O) groups is 1. The van der Waals surface area contributed by atoms with Crippen LogP contribution in [-0.2, 0) is 4.79 Å². The van der Waals surface area contributed by atoms with Crippen LogP contribution in [0.15, 0.2) is 34.2 Å². The molecule has 4 rings (SSSR count). The average Bonchev–Trinajstić information content (AvgIpc) is 2.72. The highest BCUT2D eigenvalue weighted by atomic mass is 32.2. The summed E-state index contributed by atoms with van der Waals surface area (Å²) in [5.74, 6) is 0.920. The number of H-pyrrole nitrogens is 1. The van der Waals surface area contributed by atoms with Crippen molar-refractivity contribution in [1.29, 1.82) is 0 Å². The van der Waals surface area contributed by atoms with E-state index in [2.05, 4.69) is 51.4 Å². The third kappa shape index (κ3) is 3.94. The van der Waals surface area contributed by atoms with Crippen LogP contribution in [0.2, 0.25) is 0 Å². The van der Waals surface area contributed by atoms with Crippen LogP contribution in [0.5, 0.6) is 0 Å². The van der Waals surface area contributed by atoms with Gasteiger partial charge < -0.3 is 15.2 Å². The molecule has 7 heteroatoms. The molecule has 0 aliphatic carbocycles. The Balaban J connectivity index is 1.64. The normalized spacial score (nSPS) is 19.2. The number of fused-ring (bicyclic) bond motifs is 1. The van der Waals surface area contributed by atoms with E-state index in [1.807, 2.05) is 0 Å². The minimum atomic E-state index is -0.263. The van der Waals surface area contributed by atoms with Crippen LogP contribution < -0.4 is 15.8 Å². The highest BCUT2D eigenvalue weighted by Gasteiger charge is 2.31. The number of thioether (sulfide) groups is 1. The third-order valence-corrected chi connectivity index (χ3v) is 6.47. The molecule has 1 amide bonds. The number of anilines is 2. The molecule has 0 radical (unpaired) electrons. The second kappa shape index (κ2) is 8.39. The lowest BCUT2D eigenvalue weighted by atomic mass is 9.86. The quantitative estimate of drug-likeness (QED) is 0.593. The Kier molecular flexibility index (Phi) is 5.71. The van der Waals surface area contributed by atoms with Gasteiger partial charge in [-0.15, -0.1) is 0 Å². The molecule has 1 fully saturated rings. The summed E-state index contributed by atoms with van der Waals surface area (Å²) in [6.07, 6.45) is 5.03. The fourth-order valence-electron chi connectivity index (χ4n) is 3.97. The summed E-state index contributed by atoms with van der Waals surface area (Å²) in [6, 6.07) is 8.33. The smallest absolute Gasteiger partial charge is 0.257 e. The van der Waals surface area contributed by atoms with Gasteiger partial charge in [0.05, 0.1) is 5.56 Å². The Morgan fingerprint density at radius 2 is 1.89 bits per heavy atom. The molecule has 0 saturated carbocycles. The number of aromatic amines is 1. The lowest BCUT2D eigenvalue weighted by molar-refractivity contribution is -0.116. The molecular weight excluding hydrogens is 372 g/mol. The van der Waals surface area contributed by atoms with Gasteiger partial charge in [-0.25, -0.2) is 4.98 Å². The van der Waals surface area contributed by atoms with Crippen LogP contribution in [0.4, 0.5) is 11.5 Å². The number of nitrogens with one attached hydrogen (secondary N) is 2. The first-order valence-electron chi connectivity index (χ1n) is 10.1. The zero-order chi connectivity index (χ0) is 19.5. The van der Waals surface area contributed by atoms with Crippen molar-refractivity contribution in [1.82, 2.24) is 9.97 Å². The molecule has 2 N–H and O–H groups in total. The number of aromatic nitrogens is 2. The lowest BCUT2D eigenvalue weighted by Gasteiger charge is -2.29. The van der Waals surface area contributed by atoms with E-state index in [0.29, 0.717) is 16.5 Å². The van der Waals surface area contributed by atoms with Gasteiger partial charge in [-0.3, -0.25) is 9.59 Å². The van der Waals surface area contributed by atoms with Gasteiger partial charge in [0.15, 0.2) is 5.16 Å². The zero-order valence-corrected chi connectivity index (χ0v) is 17.0. The molecule has 2 aliphatic rings. The molecule has 28 heavy (non-hydrogen) atoms. The van der Waals surface area contributed by atoms with E-state index in [4.69, 9.17) is 0 Å². The minimum Gasteiger partial charge on any atom is -0.372 e. The molecule has 1 aromatic heterocycles. The summed E-state index contributed by atoms with van der Waals surface area (Å²) in [7, 11) is 0. The van der Waals surface area contributed by atoms with Gasteiger partial charge >= 0.3 is 0 Å². The predicted octanol–water partition coefficient (Wildman–Crippen LogP) is 3.74. The molecule has 2 aromatic rings. The topological polar surface area (TPSA) is 78.1 Å². The molecule has 0 spiro atoms. The van der Waals surface area contributed by atoms with Crippen molar-refractivity contribution in [3.05, 3.63) is 45.7 Å². The largest absolute Gasteiger partial charge is 0.372 e. The van der Waals surface area contributed by atoms with Gasteiger partial charge in [-0.2, -0.15) is 0 Å². The fraction of sp³-hybridized carbons (Fsp3) is 0.476. The SMILES string of the molecule is CCCSc1nc2c(c(=O)[nH]1)C(c1ccc(N3CCCCC3)cc1)CC(=O)N2. The number of carbonyl (C=O) groups excluding carboxylic acids is 1. The maximum atomic E-state index is 12.8. The Bertz CT molecular complexity index is 904. The van der Waals surface area contributed by atoms with Gasteiger partial charge in [0.1, 0.15) is 5.82 Å². The van der Waals surface area contributed by atoms with Crippen molar-refractivity contribution < 1.29 is 4.79 Å². The molecule has 3 heterocycles. The number of hydrogen-bond donors (Lipinski definition) is 2. The first-order valence-corrected chi connectivity index (χ1v) is 11.1. The van der Waals surface area contributed by atoms with Crippen LogP contribution >= 0.6 is 11.8 Å². The van der Waals surface area contributed by atoms with Crippen LogP contribution in [-0.4, -0.2) is 34.7 Å². The molecule has 1 unspecified atom stereocenters. The number of benzene rings is 1. The summed E-state index contributed by atoms with van der Waals surface area (Å²) in [5, 5.41) is 3.35. The van der Waals surface area contributed by atoms with E-state index in [1.165, 1.54) is 36.7 Å². The molecule has 0 bridgehead atoms. The van der Waals surface area contributed by atoms with Gasteiger partial charge in [0.2, 0.25) is 5.91 Å². The van der Waals surface area contributed by atoms with E-state index < -0.39 is 0 Å².